The number of carbonyl (C=O) groups is 1. The van der Waals surface area contributed by atoms with E-state index in [9.17, 15) is 9.18 Å². The summed E-state index contributed by atoms with van der Waals surface area (Å²) in [5.74, 6) is -0.927. The molecule has 0 atom stereocenters. The van der Waals surface area contributed by atoms with E-state index in [0.29, 0.717) is 11.4 Å². The number of H-pyrrole nitrogens is 1. The maximum absolute atomic E-state index is 13.3. The molecular weight excluding hydrogens is 209 g/mol. The van der Waals surface area contributed by atoms with E-state index in [1.807, 2.05) is 0 Å². The fourth-order valence-electron chi connectivity index (χ4n) is 1.30. The molecule has 0 unspecified atom stereocenters. The Labute approximate surface area is 91.3 Å². The van der Waals surface area contributed by atoms with E-state index in [-0.39, 0.29) is 5.69 Å². The lowest BCUT2D eigenvalue weighted by Gasteiger charge is -2.05. The van der Waals surface area contributed by atoms with Crippen molar-refractivity contribution in [2.45, 2.75) is 0 Å². The minimum Gasteiger partial charge on any atom is -0.399 e. The molecule has 2 aromatic rings. The van der Waals surface area contributed by atoms with Gasteiger partial charge in [-0.3, -0.25) is 4.79 Å². The van der Waals surface area contributed by atoms with Crippen molar-refractivity contribution in [3.63, 3.8) is 0 Å². The fraction of sp³-hybridized carbons (Fsp3) is 0. The van der Waals surface area contributed by atoms with Crippen LogP contribution in [0.2, 0.25) is 0 Å². The van der Waals surface area contributed by atoms with Crippen molar-refractivity contribution in [2.24, 2.45) is 0 Å². The lowest BCUT2D eigenvalue weighted by Crippen LogP contribution is -2.13. The Morgan fingerprint density at radius 1 is 1.38 bits per heavy atom. The molecule has 1 amide bonds. The smallest absolute Gasteiger partial charge is 0.272 e. The van der Waals surface area contributed by atoms with Crippen LogP contribution in [0.15, 0.2) is 36.5 Å². The highest BCUT2D eigenvalue weighted by molar-refractivity contribution is 6.03. The molecule has 1 aromatic carbocycles. The van der Waals surface area contributed by atoms with E-state index in [4.69, 9.17) is 5.73 Å². The van der Waals surface area contributed by atoms with E-state index in [1.165, 1.54) is 18.2 Å². The van der Waals surface area contributed by atoms with Crippen molar-refractivity contribution in [1.82, 2.24) is 4.98 Å². The molecule has 5 heteroatoms. The number of aromatic amines is 1. The van der Waals surface area contributed by atoms with E-state index >= 15 is 0 Å². The summed E-state index contributed by atoms with van der Waals surface area (Å²) < 4.78 is 13.3. The van der Waals surface area contributed by atoms with Crippen LogP contribution in [0.1, 0.15) is 10.5 Å². The second-order valence-corrected chi connectivity index (χ2v) is 3.28. The minimum atomic E-state index is -0.519. The van der Waals surface area contributed by atoms with Gasteiger partial charge in [-0.1, -0.05) is 0 Å². The Hall–Kier alpha value is -2.30. The molecule has 4 N–H and O–H groups in total. The first-order chi connectivity index (χ1) is 7.66. The Morgan fingerprint density at radius 2 is 2.19 bits per heavy atom. The molecule has 0 radical (unpaired) electrons. The van der Waals surface area contributed by atoms with Crippen LogP contribution in [0.25, 0.3) is 0 Å². The average Bonchev–Trinajstić information content (AvgIpc) is 2.76. The van der Waals surface area contributed by atoms with Crippen molar-refractivity contribution in [1.29, 1.82) is 0 Å². The fourth-order valence-corrected chi connectivity index (χ4v) is 1.30. The van der Waals surface area contributed by atoms with Crippen LogP contribution in [-0.4, -0.2) is 10.9 Å². The molecule has 0 aliphatic rings. The summed E-state index contributed by atoms with van der Waals surface area (Å²) in [6.45, 7) is 0. The second kappa shape index (κ2) is 4.06. The molecular formula is C11H10FN3O. The number of hydrogen-bond acceptors (Lipinski definition) is 2. The van der Waals surface area contributed by atoms with E-state index in [2.05, 4.69) is 10.3 Å². The van der Waals surface area contributed by atoms with Crippen molar-refractivity contribution in [3.05, 3.63) is 48.0 Å². The Balaban J connectivity index is 2.21. The van der Waals surface area contributed by atoms with Gasteiger partial charge >= 0.3 is 0 Å². The van der Waals surface area contributed by atoms with Gasteiger partial charge in [0.1, 0.15) is 11.5 Å². The molecule has 0 aliphatic carbocycles. The minimum absolute atomic E-state index is 0.0691. The van der Waals surface area contributed by atoms with Crippen molar-refractivity contribution in [2.75, 3.05) is 11.1 Å². The largest absolute Gasteiger partial charge is 0.399 e. The van der Waals surface area contributed by atoms with Gasteiger partial charge in [0.2, 0.25) is 0 Å². The number of halogens is 1. The van der Waals surface area contributed by atoms with Gasteiger partial charge in [0.05, 0.1) is 5.69 Å². The van der Waals surface area contributed by atoms with Crippen LogP contribution in [0.4, 0.5) is 15.8 Å². The maximum atomic E-state index is 13.3. The third-order valence-corrected chi connectivity index (χ3v) is 2.08. The van der Waals surface area contributed by atoms with Gasteiger partial charge in [-0.25, -0.2) is 4.39 Å². The zero-order chi connectivity index (χ0) is 11.5. The third-order valence-electron chi connectivity index (χ3n) is 2.08. The van der Waals surface area contributed by atoms with Gasteiger partial charge < -0.3 is 16.0 Å². The monoisotopic (exact) mass is 219 g/mol. The molecule has 1 heterocycles. The van der Waals surface area contributed by atoms with E-state index in [1.54, 1.807) is 18.3 Å². The summed E-state index contributed by atoms with van der Waals surface area (Å²) in [6, 6.07) is 7.29. The average molecular weight is 219 g/mol. The zero-order valence-corrected chi connectivity index (χ0v) is 8.33. The molecule has 0 saturated heterocycles. The molecule has 16 heavy (non-hydrogen) atoms. The van der Waals surface area contributed by atoms with Crippen LogP contribution >= 0.6 is 0 Å². The molecule has 4 nitrogen and oxygen atoms in total. The van der Waals surface area contributed by atoms with Gasteiger partial charge in [-0.05, 0) is 30.3 Å². The summed E-state index contributed by atoms with van der Waals surface area (Å²) in [5, 5.41) is 2.43. The number of aromatic nitrogens is 1. The number of carbonyl (C=O) groups excluding carboxylic acids is 1. The van der Waals surface area contributed by atoms with Crippen LogP contribution in [-0.2, 0) is 0 Å². The number of nitrogen functional groups attached to an aromatic ring is 1. The Morgan fingerprint density at radius 3 is 2.88 bits per heavy atom. The first-order valence-electron chi connectivity index (χ1n) is 4.66. The maximum Gasteiger partial charge on any atom is 0.272 e. The van der Waals surface area contributed by atoms with E-state index in [0.717, 1.165) is 0 Å². The number of benzene rings is 1. The molecule has 2 rings (SSSR count). The molecule has 0 bridgehead atoms. The number of amides is 1. The predicted molar refractivity (Wildman–Crippen MR) is 59.6 cm³/mol. The summed E-state index contributed by atoms with van der Waals surface area (Å²) >= 11 is 0. The van der Waals surface area contributed by atoms with Gasteiger partial charge in [0, 0.05) is 11.9 Å². The number of anilines is 2. The molecule has 0 spiro atoms. The number of rotatable bonds is 2. The normalized spacial score (nSPS) is 10.1. The molecule has 0 saturated carbocycles. The first-order valence-corrected chi connectivity index (χ1v) is 4.66. The number of nitrogens with one attached hydrogen (secondary N) is 2. The summed E-state index contributed by atoms with van der Waals surface area (Å²) in [4.78, 5) is 14.3. The van der Waals surface area contributed by atoms with Crippen molar-refractivity contribution >= 4 is 17.3 Å². The zero-order valence-electron chi connectivity index (χ0n) is 8.33. The lowest BCUT2D eigenvalue weighted by molar-refractivity contribution is 0.102. The van der Waals surface area contributed by atoms with Crippen LogP contribution in [0, 0.1) is 5.82 Å². The molecule has 82 valence electrons. The quantitative estimate of drug-likeness (QED) is 0.676. The summed E-state index contributed by atoms with van der Waals surface area (Å²) in [6.07, 6.45) is 1.62. The van der Waals surface area contributed by atoms with Gasteiger partial charge in [-0.2, -0.15) is 0 Å². The van der Waals surface area contributed by atoms with Gasteiger partial charge in [0.15, 0.2) is 0 Å². The standard InChI is InChI=1S/C11H10FN3O/c12-8-4-3-7(13)6-10(8)15-11(16)9-2-1-5-14-9/h1-6,14H,13H2,(H,15,16). The van der Waals surface area contributed by atoms with Crippen molar-refractivity contribution in [3.8, 4) is 0 Å². The van der Waals surface area contributed by atoms with Crippen LogP contribution in [0.3, 0.4) is 0 Å². The van der Waals surface area contributed by atoms with Gasteiger partial charge in [-0.15, -0.1) is 0 Å². The Kier molecular flexibility index (Phi) is 2.59. The van der Waals surface area contributed by atoms with Crippen molar-refractivity contribution < 1.29 is 9.18 Å². The Bertz CT molecular complexity index is 508. The highest BCUT2D eigenvalue weighted by Gasteiger charge is 2.09. The second-order valence-electron chi connectivity index (χ2n) is 3.28. The molecule has 0 fully saturated rings. The summed E-state index contributed by atoms with van der Waals surface area (Å²) in [7, 11) is 0. The predicted octanol–water partition coefficient (Wildman–Crippen LogP) is 1.99. The number of nitrogens with two attached hydrogens (primary N) is 1. The number of hydrogen-bond donors (Lipinski definition) is 3. The van der Waals surface area contributed by atoms with E-state index < -0.39 is 11.7 Å². The highest BCUT2D eigenvalue weighted by Crippen LogP contribution is 2.17. The highest BCUT2D eigenvalue weighted by atomic mass is 19.1. The lowest BCUT2D eigenvalue weighted by atomic mass is 10.2. The van der Waals surface area contributed by atoms with Crippen LogP contribution in [0.5, 0.6) is 0 Å². The topological polar surface area (TPSA) is 70.9 Å². The molecule has 1 aromatic heterocycles. The van der Waals surface area contributed by atoms with Crippen LogP contribution < -0.4 is 11.1 Å². The first kappa shape index (κ1) is 10.2. The summed E-state index contributed by atoms with van der Waals surface area (Å²) in [5.41, 5.74) is 6.32. The van der Waals surface area contributed by atoms with Gasteiger partial charge in [0.25, 0.3) is 5.91 Å². The third kappa shape index (κ3) is 2.03. The molecule has 0 aliphatic heterocycles. The SMILES string of the molecule is Nc1ccc(F)c(NC(=O)c2ccc[nH]2)c1.